The Morgan fingerprint density at radius 1 is 1.00 bits per heavy atom. The first kappa shape index (κ1) is 26.2. The number of nitrogens with one attached hydrogen (secondary N) is 2. The Hall–Kier alpha value is -3.42. The third kappa shape index (κ3) is 6.81. The molecule has 0 saturated heterocycles. The minimum atomic E-state index is -0.211. The van der Waals surface area contributed by atoms with Gasteiger partial charge in [0.15, 0.2) is 0 Å². The Morgan fingerprint density at radius 2 is 1.77 bits per heavy atom. The zero-order valence-electron chi connectivity index (χ0n) is 21.1. The molecule has 0 bridgehead atoms. The van der Waals surface area contributed by atoms with E-state index in [1.807, 2.05) is 37.4 Å². The van der Waals surface area contributed by atoms with Crippen LogP contribution in [0.5, 0.6) is 0 Å². The number of nitriles is 1. The van der Waals surface area contributed by atoms with Crippen molar-refractivity contribution in [3.05, 3.63) is 102 Å². The molecule has 0 radical (unpaired) electrons. The predicted octanol–water partition coefficient (Wildman–Crippen LogP) is 7.73. The van der Waals surface area contributed by atoms with Crippen LogP contribution < -0.4 is 10.6 Å². The maximum absolute atomic E-state index is 14.0. The van der Waals surface area contributed by atoms with Crippen molar-refractivity contribution in [3.8, 4) is 17.2 Å². The number of hydrogen-bond acceptors (Lipinski definition) is 3. The van der Waals surface area contributed by atoms with E-state index in [2.05, 4.69) is 54.5 Å². The maximum Gasteiger partial charge on any atom is 0.128 e. The molecule has 0 aromatic heterocycles. The second kappa shape index (κ2) is 12.3. The van der Waals surface area contributed by atoms with Crippen LogP contribution in [0.3, 0.4) is 0 Å². The van der Waals surface area contributed by atoms with Crippen LogP contribution in [-0.4, -0.2) is 13.6 Å². The molecule has 3 nitrogen and oxygen atoms in total. The van der Waals surface area contributed by atoms with Gasteiger partial charge in [-0.05, 0) is 98.1 Å². The predicted molar refractivity (Wildman–Crippen MR) is 145 cm³/mol. The average molecular weight is 470 g/mol. The lowest BCUT2D eigenvalue weighted by atomic mass is 9.70. The summed E-state index contributed by atoms with van der Waals surface area (Å²) in [6.45, 7) is 9.16. The highest BCUT2D eigenvalue weighted by atomic mass is 19.1. The Balaban J connectivity index is 1.81. The number of aryl methyl sites for hydroxylation is 1. The number of nitrogens with zero attached hydrogens (tertiary/aromatic N) is 1. The third-order valence-corrected chi connectivity index (χ3v) is 6.80. The number of anilines is 1. The first-order valence-corrected chi connectivity index (χ1v) is 12.4. The highest BCUT2D eigenvalue weighted by Gasteiger charge is 2.30. The molecule has 0 saturated carbocycles. The van der Waals surface area contributed by atoms with E-state index in [1.165, 1.54) is 11.6 Å². The molecule has 0 aliphatic heterocycles. The van der Waals surface area contributed by atoms with Gasteiger partial charge in [0.05, 0.1) is 11.6 Å². The molecule has 0 aliphatic rings. The van der Waals surface area contributed by atoms with Crippen molar-refractivity contribution in [1.82, 2.24) is 5.32 Å². The summed E-state index contributed by atoms with van der Waals surface area (Å²) in [4.78, 5) is 0. The summed E-state index contributed by atoms with van der Waals surface area (Å²) in [6, 6.07) is 24.0. The first-order chi connectivity index (χ1) is 16.9. The van der Waals surface area contributed by atoms with Crippen molar-refractivity contribution in [3.63, 3.8) is 0 Å². The lowest BCUT2D eigenvalue weighted by Gasteiger charge is -2.35. The van der Waals surface area contributed by atoms with Gasteiger partial charge in [-0.25, -0.2) is 4.39 Å². The van der Waals surface area contributed by atoms with Crippen molar-refractivity contribution in [2.75, 3.05) is 18.9 Å². The molecule has 182 valence electrons. The van der Waals surface area contributed by atoms with Crippen molar-refractivity contribution in [1.29, 1.82) is 5.26 Å². The number of rotatable bonds is 12. The molecule has 0 amide bonds. The van der Waals surface area contributed by atoms with Crippen LogP contribution in [0.4, 0.5) is 10.1 Å². The lowest BCUT2D eigenvalue weighted by Crippen LogP contribution is -2.30. The number of allylic oxidation sites excluding steroid dienone is 1. The number of benzene rings is 3. The fraction of sp³-hybridized carbons (Fsp3) is 0.323. The normalized spacial score (nSPS) is 12.5. The standard InChI is InChI=1S/C31H36FN3/c1-5-16-31(18-19-34-4,17-15-24(3)35-29-14-9-23(2)30(32)21-29)28-12-10-26(11-13-28)27-8-6-7-25(20-27)22-33/h6-14,20-21,34-35H,3,5,15-19H2,1-2,4H3. The van der Waals surface area contributed by atoms with Gasteiger partial charge in [-0.1, -0.05) is 62.4 Å². The van der Waals surface area contributed by atoms with Gasteiger partial charge in [-0.3, -0.25) is 0 Å². The van der Waals surface area contributed by atoms with Gasteiger partial charge >= 0.3 is 0 Å². The minimum Gasteiger partial charge on any atom is -0.359 e. The van der Waals surface area contributed by atoms with Gasteiger partial charge in [0.2, 0.25) is 0 Å². The molecular formula is C31H36FN3. The molecule has 0 fully saturated rings. The average Bonchev–Trinajstić information content (AvgIpc) is 2.88. The highest BCUT2D eigenvalue weighted by Crippen LogP contribution is 2.39. The van der Waals surface area contributed by atoms with Crippen LogP contribution in [0.15, 0.2) is 79.0 Å². The largest absolute Gasteiger partial charge is 0.359 e. The molecule has 0 aliphatic carbocycles. The summed E-state index contributed by atoms with van der Waals surface area (Å²) in [7, 11) is 1.99. The smallest absolute Gasteiger partial charge is 0.128 e. The molecule has 3 aromatic rings. The van der Waals surface area contributed by atoms with E-state index in [-0.39, 0.29) is 11.2 Å². The summed E-state index contributed by atoms with van der Waals surface area (Å²) >= 11 is 0. The van der Waals surface area contributed by atoms with Crippen molar-refractivity contribution in [2.45, 2.75) is 51.4 Å². The van der Waals surface area contributed by atoms with E-state index in [1.54, 1.807) is 13.0 Å². The van der Waals surface area contributed by atoms with Crippen molar-refractivity contribution >= 4 is 5.69 Å². The van der Waals surface area contributed by atoms with Gasteiger partial charge in [0.1, 0.15) is 5.82 Å². The summed E-state index contributed by atoms with van der Waals surface area (Å²) in [5.74, 6) is -0.211. The molecule has 3 aromatic carbocycles. The van der Waals surface area contributed by atoms with Crippen LogP contribution in [0, 0.1) is 24.1 Å². The van der Waals surface area contributed by atoms with Gasteiger partial charge in [-0.15, -0.1) is 0 Å². The molecule has 1 unspecified atom stereocenters. The number of halogens is 1. The van der Waals surface area contributed by atoms with E-state index in [0.29, 0.717) is 11.1 Å². The minimum absolute atomic E-state index is 0.00788. The Bertz CT molecular complexity index is 1180. The molecule has 3 rings (SSSR count). The molecule has 35 heavy (non-hydrogen) atoms. The second-order valence-electron chi connectivity index (χ2n) is 9.35. The Labute approximate surface area is 209 Å². The Morgan fingerprint density at radius 3 is 2.43 bits per heavy atom. The molecule has 4 heteroatoms. The summed E-state index contributed by atoms with van der Waals surface area (Å²) < 4.78 is 14.0. The first-order valence-electron chi connectivity index (χ1n) is 12.4. The Kier molecular flexibility index (Phi) is 9.23. The SMILES string of the molecule is C=C(CCC(CCC)(CCNC)c1ccc(-c2cccc(C#N)c2)cc1)Nc1ccc(C)c(F)c1. The summed E-state index contributed by atoms with van der Waals surface area (Å²) in [5.41, 5.74) is 6.42. The summed E-state index contributed by atoms with van der Waals surface area (Å²) in [6.07, 6.45) is 4.92. The van der Waals surface area contributed by atoms with Crippen LogP contribution >= 0.6 is 0 Å². The fourth-order valence-corrected chi connectivity index (χ4v) is 4.76. The number of hydrogen-bond donors (Lipinski definition) is 2. The van der Waals surface area contributed by atoms with Gasteiger partial charge < -0.3 is 10.6 Å². The third-order valence-electron chi connectivity index (χ3n) is 6.80. The maximum atomic E-state index is 14.0. The monoisotopic (exact) mass is 469 g/mol. The van der Waals surface area contributed by atoms with Crippen LogP contribution in [0.2, 0.25) is 0 Å². The molecule has 0 spiro atoms. The lowest BCUT2D eigenvalue weighted by molar-refractivity contribution is 0.331. The van der Waals surface area contributed by atoms with Crippen molar-refractivity contribution < 1.29 is 4.39 Å². The van der Waals surface area contributed by atoms with E-state index in [4.69, 9.17) is 0 Å². The van der Waals surface area contributed by atoms with Gasteiger partial charge in [-0.2, -0.15) is 5.26 Å². The van der Waals surface area contributed by atoms with E-state index >= 15 is 0 Å². The molecule has 1 atom stereocenters. The van der Waals surface area contributed by atoms with Gasteiger partial charge in [0, 0.05) is 11.4 Å². The van der Waals surface area contributed by atoms with Crippen LogP contribution in [-0.2, 0) is 5.41 Å². The molecule has 0 heterocycles. The zero-order valence-corrected chi connectivity index (χ0v) is 21.1. The molecule has 2 N–H and O–H groups in total. The highest BCUT2D eigenvalue weighted by molar-refractivity contribution is 5.65. The van der Waals surface area contributed by atoms with E-state index in [0.717, 1.165) is 61.2 Å². The van der Waals surface area contributed by atoms with Crippen LogP contribution in [0.25, 0.3) is 11.1 Å². The molecular weight excluding hydrogens is 433 g/mol. The van der Waals surface area contributed by atoms with E-state index in [9.17, 15) is 9.65 Å². The van der Waals surface area contributed by atoms with Crippen LogP contribution in [0.1, 0.15) is 55.7 Å². The van der Waals surface area contributed by atoms with Gasteiger partial charge in [0.25, 0.3) is 0 Å². The summed E-state index contributed by atoms with van der Waals surface area (Å²) in [5, 5.41) is 15.9. The van der Waals surface area contributed by atoms with E-state index < -0.39 is 0 Å². The quantitative estimate of drug-likeness (QED) is 0.285. The topological polar surface area (TPSA) is 47.9 Å². The fourth-order valence-electron chi connectivity index (χ4n) is 4.76. The van der Waals surface area contributed by atoms with Crippen molar-refractivity contribution in [2.24, 2.45) is 0 Å². The zero-order chi connectivity index (χ0) is 25.3. The second-order valence-corrected chi connectivity index (χ2v) is 9.35.